The average molecular weight is 405 g/mol. The molecule has 1 aromatic carbocycles. The van der Waals surface area contributed by atoms with Crippen molar-refractivity contribution in [3.8, 4) is 5.75 Å². The number of hydrogen-bond acceptors (Lipinski definition) is 5. The lowest BCUT2D eigenvalue weighted by atomic mass is 10.1. The minimum Gasteiger partial charge on any atom is -0.486 e. The molecule has 0 bridgehead atoms. The van der Waals surface area contributed by atoms with Crippen molar-refractivity contribution in [1.82, 2.24) is 9.88 Å². The van der Waals surface area contributed by atoms with Gasteiger partial charge in [-0.3, -0.25) is 4.79 Å². The molecule has 0 fully saturated rings. The minimum absolute atomic E-state index is 0.136. The maximum Gasteiger partial charge on any atom is 0.228 e. The molecule has 0 unspecified atom stereocenters. The van der Waals surface area contributed by atoms with E-state index in [-0.39, 0.29) is 5.91 Å². The fraction of sp³-hybridized carbons (Fsp3) is 0.263. The Morgan fingerprint density at radius 3 is 2.92 bits per heavy atom. The smallest absolute Gasteiger partial charge is 0.228 e. The third-order valence-corrected chi connectivity index (χ3v) is 6.41. The summed E-state index contributed by atoms with van der Waals surface area (Å²) in [5, 5.41) is 5.59. The lowest BCUT2D eigenvalue weighted by molar-refractivity contribution is -0.131. The molecule has 1 amide bonds. The SMILES string of the molecule is O=C(Cc1csc(COc2ccc(Cl)cc2)n1)N1CCc2sccc2C1. The number of carbonyl (C=O) groups excluding carboxylic acids is 1. The molecule has 0 aliphatic carbocycles. The predicted octanol–water partition coefficient (Wildman–Crippen LogP) is 4.56. The number of fused-ring (bicyclic) bond motifs is 1. The van der Waals surface area contributed by atoms with E-state index in [0.29, 0.717) is 24.6 Å². The summed E-state index contributed by atoms with van der Waals surface area (Å²) in [6, 6.07) is 9.36. The summed E-state index contributed by atoms with van der Waals surface area (Å²) < 4.78 is 5.71. The van der Waals surface area contributed by atoms with Crippen LogP contribution in [-0.2, 0) is 30.8 Å². The van der Waals surface area contributed by atoms with Crippen molar-refractivity contribution in [2.24, 2.45) is 0 Å². The third kappa shape index (κ3) is 4.09. The van der Waals surface area contributed by atoms with Gasteiger partial charge in [-0.2, -0.15) is 0 Å². The Balaban J connectivity index is 1.32. The maximum absolute atomic E-state index is 12.6. The van der Waals surface area contributed by atoms with Gasteiger partial charge in [0.2, 0.25) is 5.91 Å². The molecule has 3 heterocycles. The fourth-order valence-electron chi connectivity index (χ4n) is 2.90. The van der Waals surface area contributed by atoms with Crippen molar-refractivity contribution >= 4 is 40.2 Å². The predicted molar refractivity (Wildman–Crippen MR) is 105 cm³/mol. The number of benzene rings is 1. The largest absolute Gasteiger partial charge is 0.486 e. The Hall–Kier alpha value is -1.89. The molecule has 3 aromatic rings. The number of aromatic nitrogens is 1. The normalized spacial score (nSPS) is 13.5. The van der Waals surface area contributed by atoms with Crippen LogP contribution in [0, 0.1) is 0 Å². The molecule has 1 aliphatic heterocycles. The number of nitrogens with zero attached hydrogens (tertiary/aromatic N) is 2. The molecular formula is C19H17ClN2O2S2. The zero-order chi connectivity index (χ0) is 17.9. The van der Waals surface area contributed by atoms with E-state index in [1.807, 2.05) is 22.4 Å². The Morgan fingerprint density at radius 2 is 2.08 bits per heavy atom. The van der Waals surface area contributed by atoms with E-state index in [4.69, 9.17) is 16.3 Å². The van der Waals surface area contributed by atoms with Crippen LogP contribution in [0.3, 0.4) is 0 Å². The van der Waals surface area contributed by atoms with E-state index in [9.17, 15) is 4.79 Å². The molecule has 4 nitrogen and oxygen atoms in total. The van der Waals surface area contributed by atoms with Crippen molar-refractivity contribution in [3.05, 3.63) is 67.3 Å². The van der Waals surface area contributed by atoms with E-state index in [2.05, 4.69) is 16.4 Å². The van der Waals surface area contributed by atoms with Crippen LogP contribution in [0.4, 0.5) is 0 Å². The first-order chi connectivity index (χ1) is 12.7. The van der Waals surface area contributed by atoms with Crippen molar-refractivity contribution < 1.29 is 9.53 Å². The number of ether oxygens (including phenoxy) is 1. The summed E-state index contributed by atoms with van der Waals surface area (Å²) in [4.78, 5) is 20.4. The van der Waals surface area contributed by atoms with Crippen LogP contribution < -0.4 is 4.74 Å². The van der Waals surface area contributed by atoms with Crippen LogP contribution in [0.1, 0.15) is 21.1 Å². The van der Waals surface area contributed by atoms with Gasteiger partial charge in [0, 0.05) is 28.4 Å². The van der Waals surface area contributed by atoms with Gasteiger partial charge in [0.05, 0.1) is 12.1 Å². The van der Waals surface area contributed by atoms with E-state index in [0.717, 1.165) is 29.4 Å². The molecule has 7 heteroatoms. The van der Waals surface area contributed by atoms with E-state index >= 15 is 0 Å². The Kier molecular flexibility index (Phi) is 5.24. The van der Waals surface area contributed by atoms with Gasteiger partial charge < -0.3 is 9.64 Å². The monoisotopic (exact) mass is 404 g/mol. The standard InChI is InChI=1S/C19H17ClN2O2S2/c20-14-1-3-16(4-2-14)24-11-18-21-15(12-26-18)9-19(23)22-7-5-17-13(10-22)6-8-25-17/h1-4,6,8,12H,5,7,9-11H2. The number of thiophene rings is 1. The number of amides is 1. The van der Waals surface area contributed by atoms with Crippen molar-refractivity contribution in [2.45, 2.75) is 26.0 Å². The number of thiazole rings is 1. The fourth-order valence-corrected chi connectivity index (χ4v) is 4.62. The molecular weight excluding hydrogens is 388 g/mol. The maximum atomic E-state index is 12.6. The van der Waals surface area contributed by atoms with Crippen LogP contribution in [-0.4, -0.2) is 22.3 Å². The summed E-state index contributed by atoms with van der Waals surface area (Å²) in [6.45, 7) is 1.90. The van der Waals surface area contributed by atoms with E-state index in [1.165, 1.54) is 21.8 Å². The summed E-state index contributed by atoms with van der Waals surface area (Å²) in [6.07, 6.45) is 1.30. The lowest BCUT2D eigenvalue weighted by Gasteiger charge is -2.26. The highest BCUT2D eigenvalue weighted by molar-refractivity contribution is 7.10. The van der Waals surface area contributed by atoms with Crippen LogP contribution >= 0.6 is 34.3 Å². The van der Waals surface area contributed by atoms with Gasteiger partial charge >= 0.3 is 0 Å². The van der Waals surface area contributed by atoms with Crippen molar-refractivity contribution in [2.75, 3.05) is 6.54 Å². The molecule has 0 N–H and O–H groups in total. The van der Waals surface area contributed by atoms with Gasteiger partial charge in [-0.05, 0) is 47.7 Å². The molecule has 1 aliphatic rings. The molecule has 2 aromatic heterocycles. The lowest BCUT2D eigenvalue weighted by Crippen LogP contribution is -2.36. The highest BCUT2D eigenvalue weighted by atomic mass is 35.5. The summed E-state index contributed by atoms with van der Waals surface area (Å²) in [7, 11) is 0. The topological polar surface area (TPSA) is 42.4 Å². The zero-order valence-electron chi connectivity index (χ0n) is 14.0. The number of carbonyl (C=O) groups is 1. The second-order valence-corrected chi connectivity index (χ2v) is 8.47. The van der Waals surface area contributed by atoms with Gasteiger partial charge in [0.25, 0.3) is 0 Å². The first kappa shape index (κ1) is 17.5. The number of rotatable bonds is 5. The first-order valence-electron chi connectivity index (χ1n) is 8.32. The molecule has 134 valence electrons. The van der Waals surface area contributed by atoms with Gasteiger partial charge in [-0.1, -0.05) is 11.6 Å². The number of halogens is 1. The van der Waals surface area contributed by atoms with Crippen molar-refractivity contribution in [3.63, 3.8) is 0 Å². The Bertz CT molecular complexity index is 904. The quantitative estimate of drug-likeness (QED) is 0.625. The minimum atomic E-state index is 0.136. The molecule has 0 saturated heterocycles. The first-order valence-corrected chi connectivity index (χ1v) is 10.5. The van der Waals surface area contributed by atoms with E-state index in [1.54, 1.807) is 23.5 Å². The van der Waals surface area contributed by atoms with Gasteiger partial charge in [0.15, 0.2) is 0 Å². The molecule has 0 atom stereocenters. The highest BCUT2D eigenvalue weighted by Gasteiger charge is 2.22. The molecule has 0 saturated carbocycles. The molecule has 4 rings (SSSR count). The molecule has 26 heavy (non-hydrogen) atoms. The third-order valence-electron chi connectivity index (χ3n) is 4.27. The molecule has 0 radical (unpaired) electrons. The van der Waals surface area contributed by atoms with Gasteiger partial charge in [0.1, 0.15) is 17.4 Å². The Morgan fingerprint density at radius 1 is 1.23 bits per heavy atom. The summed E-state index contributed by atoms with van der Waals surface area (Å²) >= 11 is 9.17. The highest BCUT2D eigenvalue weighted by Crippen LogP contribution is 2.24. The van der Waals surface area contributed by atoms with Crippen LogP contribution in [0.25, 0.3) is 0 Å². The second-order valence-electron chi connectivity index (χ2n) is 6.09. The Labute approximate surface area is 165 Å². The van der Waals surface area contributed by atoms with Gasteiger partial charge in [-0.25, -0.2) is 4.98 Å². The van der Waals surface area contributed by atoms with Crippen LogP contribution in [0.5, 0.6) is 5.75 Å². The summed E-state index contributed by atoms with van der Waals surface area (Å²) in [5.74, 6) is 0.888. The summed E-state index contributed by atoms with van der Waals surface area (Å²) in [5.41, 5.74) is 2.09. The molecule has 0 spiro atoms. The van der Waals surface area contributed by atoms with E-state index < -0.39 is 0 Å². The van der Waals surface area contributed by atoms with Crippen LogP contribution in [0.15, 0.2) is 41.1 Å². The average Bonchev–Trinajstić information content (AvgIpc) is 3.29. The van der Waals surface area contributed by atoms with Gasteiger partial charge in [-0.15, -0.1) is 22.7 Å². The number of hydrogen-bond donors (Lipinski definition) is 0. The van der Waals surface area contributed by atoms with Crippen LogP contribution in [0.2, 0.25) is 5.02 Å². The zero-order valence-corrected chi connectivity index (χ0v) is 16.4. The second kappa shape index (κ2) is 7.78. The van der Waals surface area contributed by atoms with Crippen molar-refractivity contribution in [1.29, 1.82) is 0 Å².